The lowest BCUT2D eigenvalue weighted by Crippen LogP contribution is -2.24. The SMILES string of the molecule is CCNC(=O)c1ccc([N+](=O)[O-])c(NCC(N)=O)c1. The summed E-state index contributed by atoms with van der Waals surface area (Å²) in [4.78, 5) is 32.5. The largest absolute Gasteiger partial charge is 0.371 e. The van der Waals surface area contributed by atoms with E-state index in [2.05, 4.69) is 10.6 Å². The zero-order chi connectivity index (χ0) is 14.4. The number of nitro benzene ring substituents is 1. The standard InChI is InChI=1S/C11H14N4O4/c1-2-13-11(17)7-3-4-9(15(18)19)8(5-7)14-6-10(12)16/h3-5,14H,2,6H2,1H3,(H2,12,16)(H,13,17). The second kappa shape index (κ2) is 6.34. The minimum absolute atomic E-state index is 0.0764. The molecule has 1 aromatic rings. The molecule has 8 nitrogen and oxygen atoms in total. The molecule has 2 amide bonds. The Balaban J connectivity index is 3.06. The molecular weight excluding hydrogens is 252 g/mol. The van der Waals surface area contributed by atoms with Crippen molar-refractivity contribution in [3.8, 4) is 0 Å². The number of primary amides is 1. The Bertz CT molecular complexity index is 515. The molecule has 102 valence electrons. The predicted octanol–water partition coefficient (Wildman–Crippen LogP) is 0.242. The third-order valence-electron chi connectivity index (χ3n) is 2.25. The van der Waals surface area contributed by atoms with E-state index in [-0.39, 0.29) is 29.4 Å². The van der Waals surface area contributed by atoms with Gasteiger partial charge in [0.15, 0.2) is 0 Å². The summed E-state index contributed by atoms with van der Waals surface area (Å²) >= 11 is 0. The number of carbonyl (C=O) groups is 2. The average molecular weight is 266 g/mol. The number of nitro groups is 1. The fourth-order valence-corrected chi connectivity index (χ4v) is 1.42. The summed E-state index contributed by atoms with van der Waals surface area (Å²) < 4.78 is 0. The number of nitrogens with one attached hydrogen (secondary N) is 2. The molecule has 0 heterocycles. The molecule has 0 unspecified atom stereocenters. The second-order valence-corrected chi connectivity index (χ2v) is 3.67. The highest BCUT2D eigenvalue weighted by Crippen LogP contribution is 2.25. The Hall–Kier alpha value is -2.64. The van der Waals surface area contributed by atoms with Crippen LogP contribution in [0.1, 0.15) is 17.3 Å². The molecular formula is C11H14N4O4. The molecule has 0 aromatic heterocycles. The maximum Gasteiger partial charge on any atom is 0.292 e. The number of hydrogen-bond donors (Lipinski definition) is 3. The van der Waals surface area contributed by atoms with E-state index in [1.54, 1.807) is 6.92 Å². The van der Waals surface area contributed by atoms with Gasteiger partial charge in [0.2, 0.25) is 5.91 Å². The number of benzene rings is 1. The van der Waals surface area contributed by atoms with E-state index in [0.717, 1.165) is 0 Å². The van der Waals surface area contributed by atoms with Gasteiger partial charge in [0.1, 0.15) is 5.69 Å². The highest BCUT2D eigenvalue weighted by atomic mass is 16.6. The summed E-state index contributed by atoms with van der Waals surface area (Å²) in [5.74, 6) is -1.00. The number of carbonyl (C=O) groups excluding carboxylic acids is 2. The average Bonchev–Trinajstić information content (AvgIpc) is 2.36. The summed E-state index contributed by atoms with van der Waals surface area (Å²) in [7, 11) is 0. The minimum Gasteiger partial charge on any atom is -0.371 e. The molecule has 1 rings (SSSR count). The van der Waals surface area contributed by atoms with Crippen LogP contribution >= 0.6 is 0 Å². The van der Waals surface area contributed by atoms with E-state index in [9.17, 15) is 19.7 Å². The molecule has 0 radical (unpaired) electrons. The highest BCUT2D eigenvalue weighted by Gasteiger charge is 2.16. The summed E-state index contributed by atoms with van der Waals surface area (Å²) in [5, 5.41) is 15.9. The molecule has 0 atom stereocenters. The van der Waals surface area contributed by atoms with Gasteiger partial charge < -0.3 is 16.4 Å². The van der Waals surface area contributed by atoms with Gasteiger partial charge in [-0.25, -0.2) is 0 Å². The van der Waals surface area contributed by atoms with Crippen molar-refractivity contribution in [1.29, 1.82) is 0 Å². The smallest absolute Gasteiger partial charge is 0.292 e. The fraction of sp³-hybridized carbons (Fsp3) is 0.273. The number of amides is 2. The topological polar surface area (TPSA) is 127 Å². The Morgan fingerprint density at radius 3 is 2.63 bits per heavy atom. The van der Waals surface area contributed by atoms with Crippen LogP contribution in [-0.4, -0.2) is 29.8 Å². The molecule has 0 saturated carbocycles. The third kappa shape index (κ3) is 3.95. The lowest BCUT2D eigenvalue weighted by molar-refractivity contribution is -0.383. The van der Waals surface area contributed by atoms with Gasteiger partial charge in [-0.05, 0) is 19.1 Å². The number of nitrogens with zero attached hydrogens (tertiary/aromatic N) is 1. The van der Waals surface area contributed by atoms with Gasteiger partial charge in [-0.1, -0.05) is 0 Å². The number of anilines is 1. The van der Waals surface area contributed by atoms with Crippen LogP contribution in [0.15, 0.2) is 18.2 Å². The molecule has 0 fully saturated rings. The number of rotatable bonds is 6. The third-order valence-corrected chi connectivity index (χ3v) is 2.25. The molecule has 0 aliphatic carbocycles. The van der Waals surface area contributed by atoms with Crippen molar-refractivity contribution in [2.75, 3.05) is 18.4 Å². The summed E-state index contributed by atoms with van der Waals surface area (Å²) in [5.41, 5.74) is 5.07. The first kappa shape index (κ1) is 14.4. The van der Waals surface area contributed by atoms with Crippen LogP contribution in [-0.2, 0) is 4.79 Å². The predicted molar refractivity (Wildman–Crippen MR) is 68.8 cm³/mol. The monoisotopic (exact) mass is 266 g/mol. The van der Waals surface area contributed by atoms with Crippen molar-refractivity contribution in [1.82, 2.24) is 5.32 Å². The lowest BCUT2D eigenvalue weighted by Gasteiger charge is -2.07. The molecule has 19 heavy (non-hydrogen) atoms. The van der Waals surface area contributed by atoms with Crippen LogP contribution in [0.25, 0.3) is 0 Å². The van der Waals surface area contributed by atoms with E-state index in [0.29, 0.717) is 6.54 Å². The van der Waals surface area contributed by atoms with Crippen molar-refractivity contribution in [2.45, 2.75) is 6.92 Å². The maximum absolute atomic E-state index is 11.6. The van der Waals surface area contributed by atoms with E-state index >= 15 is 0 Å². The molecule has 0 aliphatic rings. The van der Waals surface area contributed by atoms with Gasteiger partial charge in [-0.3, -0.25) is 19.7 Å². The first-order chi connectivity index (χ1) is 8.95. The van der Waals surface area contributed by atoms with Crippen molar-refractivity contribution in [3.63, 3.8) is 0 Å². The van der Waals surface area contributed by atoms with Crippen molar-refractivity contribution >= 4 is 23.2 Å². The first-order valence-corrected chi connectivity index (χ1v) is 5.54. The minimum atomic E-state index is -0.655. The molecule has 0 spiro atoms. The van der Waals surface area contributed by atoms with Gasteiger partial charge >= 0.3 is 0 Å². The molecule has 0 bridgehead atoms. The van der Waals surface area contributed by atoms with Crippen molar-refractivity contribution < 1.29 is 14.5 Å². The fourth-order valence-electron chi connectivity index (χ4n) is 1.42. The molecule has 4 N–H and O–H groups in total. The van der Waals surface area contributed by atoms with Crippen LogP contribution < -0.4 is 16.4 Å². The van der Waals surface area contributed by atoms with Gasteiger partial charge in [-0.15, -0.1) is 0 Å². The van der Waals surface area contributed by atoms with E-state index < -0.39 is 10.8 Å². The van der Waals surface area contributed by atoms with Gasteiger partial charge in [0.05, 0.1) is 11.5 Å². The quantitative estimate of drug-likeness (QED) is 0.502. The Kier molecular flexibility index (Phi) is 4.81. The van der Waals surface area contributed by atoms with Crippen molar-refractivity contribution in [3.05, 3.63) is 33.9 Å². The number of nitrogens with two attached hydrogens (primary N) is 1. The van der Waals surface area contributed by atoms with Crippen LogP contribution in [0.5, 0.6) is 0 Å². The zero-order valence-electron chi connectivity index (χ0n) is 10.3. The van der Waals surface area contributed by atoms with E-state index in [1.165, 1.54) is 18.2 Å². The Labute approximate surface area is 109 Å². The summed E-state index contributed by atoms with van der Waals surface area (Å²) in [6, 6.07) is 3.86. The Morgan fingerprint density at radius 1 is 1.42 bits per heavy atom. The van der Waals surface area contributed by atoms with E-state index in [1.807, 2.05) is 0 Å². The van der Waals surface area contributed by atoms with Gasteiger partial charge in [0, 0.05) is 18.2 Å². The Morgan fingerprint density at radius 2 is 2.11 bits per heavy atom. The second-order valence-electron chi connectivity index (χ2n) is 3.67. The maximum atomic E-state index is 11.6. The van der Waals surface area contributed by atoms with Crippen LogP contribution in [0.3, 0.4) is 0 Å². The summed E-state index contributed by atoms with van der Waals surface area (Å²) in [6.07, 6.45) is 0. The lowest BCUT2D eigenvalue weighted by atomic mass is 10.1. The summed E-state index contributed by atoms with van der Waals surface area (Å²) in [6.45, 7) is 1.95. The molecule has 0 aliphatic heterocycles. The highest BCUT2D eigenvalue weighted by molar-refractivity contribution is 5.96. The van der Waals surface area contributed by atoms with Gasteiger partial charge in [-0.2, -0.15) is 0 Å². The normalized spacial score (nSPS) is 9.74. The first-order valence-electron chi connectivity index (χ1n) is 5.54. The van der Waals surface area contributed by atoms with Crippen molar-refractivity contribution in [2.24, 2.45) is 5.73 Å². The van der Waals surface area contributed by atoms with Gasteiger partial charge in [0.25, 0.3) is 11.6 Å². The van der Waals surface area contributed by atoms with E-state index in [4.69, 9.17) is 5.73 Å². The zero-order valence-corrected chi connectivity index (χ0v) is 10.3. The van der Waals surface area contributed by atoms with Crippen LogP contribution in [0, 0.1) is 10.1 Å². The number of hydrogen-bond acceptors (Lipinski definition) is 5. The van der Waals surface area contributed by atoms with Crippen LogP contribution in [0.2, 0.25) is 0 Å². The van der Waals surface area contributed by atoms with Crippen LogP contribution in [0.4, 0.5) is 11.4 Å². The molecule has 0 saturated heterocycles. The molecule has 1 aromatic carbocycles. The molecule has 8 heteroatoms.